The molecular formula is C57H36N2O2. The summed E-state index contributed by atoms with van der Waals surface area (Å²) < 4.78 is 13.1. The molecule has 4 nitrogen and oxygen atoms in total. The van der Waals surface area contributed by atoms with Crippen LogP contribution in [0.25, 0.3) is 99.4 Å². The largest absolute Gasteiger partial charge is 0.456 e. The van der Waals surface area contributed by atoms with Gasteiger partial charge in [-0.3, -0.25) is 0 Å². The maximum atomic E-state index is 6.63. The Bertz CT molecular complexity index is 3570. The second kappa shape index (κ2) is 14.3. The number of rotatable bonds is 7. The van der Waals surface area contributed by atoms with Crippen LogP contribution in [0.4, 0.5) is 17.1 Å². The summed E-state index contributed by atoms with van der Waals surface area (Å²) in [6.07, 6.45) is 0. The smallest absolute Gasteiger partial charge is 0.227 e. The van der Waals surface area contributed by atoms with Gasteiger partial charge in [-0.1, -0.05) is 152 Å². The van der Waals surface area contributed by atoms with Gasteiger partial charge in [-0.25, -0.2) is 4.98 Å². The van der Waals surface area contributed by atoms with Crippen LogP contribution in [0.5, 0.6) is 0 Å². The van der Waals surface area contributed by atoms with Crippen molar-refractivity contribution in [3.8, 4) is 44.8 Å². The van der Waals surface area contributed by atoms with Gasteiger partial charge in [0.1, 0.15) is 16.7 Å². The van der Waals surface area contributed by atoms with Crippen molar-refractivity contribution in [3.05, 3.63) is 218 Å². The van der Waals surface area contributed by atoms with Crippen molar-refractivity contribution in [2.24, 2.45) is 0 Å². The van der Waals surface area contributed by atoms with E-state index in [1.54, 1.807) is 0 Å². The summed E-state index contributed by atoms with van der Waals surface area (Å²) in [7, 11) is 0. The van der Waals surface area contributed by atoms with Crippen LogP contribution in [0.2, 0.25) is 0 Å². The molecule has 2 aromatic heterocycles. The van der Waals surface area contributed by atoms with E-state index in [9.17, 15) is 0 Å². The van der Waals surface area contributed by atoms with Crippen LogP contribution in [0, 0.1) is 0 Å². The van der Waals surface area contributed by atoms with Crippen LogP contribution in [0.15, 0.2) is 227 Å². The Labute approximate surface area is 352 Å². The summed E-state index contributed by atoms with van der Waals surface area (Å²) in [5, 5.41) is 6.95. The average molecular weight is 781 g/mol. The molecule has 0 aliphatic carbocycles. The minimum atomic E-state index is 0.579. The monoisotopic (exact) mass is 780 g/mol. The van der Waals surface area contributed by atoms with Crippen LogP contribution >= 0.6 is 0 Å². The van der Waals surface area contributed by atoms with Crippen molar-refractivity contribution in [2.75, 3.05) is 4.90 Å². The van der Waals surface area contributed by atoms with Crippen molar-refractivity contribution < 1.29 is 8.83 Å². The number of oxazole rings is 1. The van der Waals surface area contributed by atoms with E-state index >= 15 is 0 Å². The lowest BCUT2D eigenvalue weighted by atomic mass is 9.93. The van der Waals surface area contributed by atoms with Crippen molar-refractivity contribution >= 4 is 71.6 Å². The van der Waals surface area contributed by atoms with E-state index in [4.69, 9.17) is 13.8 Å². The molecule has 0 amide bonds. The third-order valence-electron chi connectivity index (χ3n) is 11.9. The summed E-state index contributed by atoms with van der Waals surface area (Å²) in [6.45, 7) is 0. The molecule has 0 atom stereocenters. The second-order valence-electron chi connectivity index (χ2n) is 15.5. The van der Waals surface area contributed by atoms with Gasteiger partial charge in [0.25, 0.3) is 0 Å². The van der Waals surface area contributed by atoms with Crippen LogP contribution < -0.4 is 4.90 Å². The molecule has 0 aliphatic heterocycles. The van der Waals surface area contributed by atoms with Crippen molar-refractivity contribution in [2.45, 2.75) is 0 Å². The first kappa shape index (κ1) is 34.8. The number of para-hydroxylation sites is 1. The van der Waals surface area contributed by atoms with Crippen LogP contribution in [0.3, 0.4) is 0 Å². The first-order valence-electron chi connectivity index (χ1n) is 20.6. The molecule has 0 unspecified atom stereocenters. The molecule has 10 aromatic carbocycles. The highest BCUT2D eigenvalue weighted by molar-refractivity contribution is 6.19. The van der Waals surface area contributed by atoms with Gasteiger partial charge in [-0.05, 0) is 116 Å². The zero-order valence-electron chi connectivity index (χ0n) is 33.0. The lowest BCUT2D eigenvalue weighted by Gasteiger charge is -2.26. The minimum Gasteiger partial charge on any atom is -0.456 e. The molecule has 286 valence electrons. The highest BCUT2D eigenvalue weighted by Gasteiger charge is 2.22. The van der Waals surface area contributed by atoms with E-state index in [0.29, 0.717) is 5.89 Å². The van der Waals surface area contributed by atoms with Crippen LogP contribution in [-0.4, -0.2) is 4.98 Å². The maximum Gasteiger partial charge on any atom is 0.227 e. The second-order valence-corrected chi connectivity index (χ2v) is 15.5. The number of fused-ring (bicyclic) bond motifs is 8. The molecule has 0 fully saturated rings. The molecule has 0 radical (unpaired) electrons. The third-order valence-corrected chi connectivity index (χ3v) is 11.9. The quantitative estimate of drug-likeness (QED) is 0.151. The van der Waals surface area contributed by atoms with Crippen molar-refractivity contribution in [1.29, 1.82) is 0 Å². The molecule has 0 saturated carbocycles. The number of nitrogens with zero attached hydrogens (tertiary/aromatic N) is 2. The summed E-state index contributed by atoms with van der Waals surface area (Å²) in [5.41, 5.74) is 13.9. The van der Waals surface area contributed by atoms with E-state index < -0.39 is 0 Å². The van der Waals surface area contributed by atoms with Crippen LogP contribution in [0.1, 0.15) is 0 Å². The standard InChI is InChI=1S/C57H36N2O2/c1-3-14-37(15-4-1)41-19-13-20-45(34-41)59(43-30-26-38(27-31-43)50-35-42-18-7-8-21-46(42)47-22-9-10-23-48(47)50)44-32-28-39(29-33-44)51-36-53-54(49-24-11-12-25-52(49)60-53)56-55(51)58-57(61-56)40-16-5-2-6-17-40/h1-36H. The maximum absolute atomic E-state index is 6.63. The van der Waals surface area contributed by atoms with Gasteiger partial charge in [0, 0.05) is 33.6 Å². The van der Waals surface area contributed by atoms with Gasteiger partial charge in [-0.2, -0.15) is 0 Å². The number of hydrogen-bond acceptors (Lipinski definition) is 4. The summed E-state index contributed by atoms with van der Waals surface area (Å²) in [6, 6.07) is 77.1. The van der Waals surface area contributed by atoms with Gasteiger partial charge in [0.05, 0.1) is 5.39 Å². The lowest BCUT2D eigenvalue weighted by molar-refractivity contribution is 0.622. The van der Waals surface area contributed by atoms with E-state index in [-0.39, 0.29) is 0 Å². The number of anilines is 3. The zero-order valence-corrected chi connectivity index (χ0v) is 33.0. The van der Waals surface area contributed by atoms with Crippen molar-refractivity contribution in [3.63, 3.8) is 0 Å². The summed E-state index contributed by atoms with van der Waals surface area (Å²) >= 11 is 0. The molecule has 61 heavy (non-hydrogen) atoms. The minimum absolute atomic E-state index is 0.579. The Balaban J connectivity index is 0.994. The van der Waals surface area contributed by atoms with Gasteiger partial charge >= 0.3 is 0 Å². The van der Waals surface area contributed by atoms with Crippen molar-refractivity contribution in [1.82, 2.24) is 4.98 Å². The molecule has 4 heteroatoms. The highest BCUT2D eigenvalue weighted by atomic mass is 16.4. The number of benzene rings is 10. The molecular weight excluding hydrogens is 745 g/mol. The molecule has 2 heterocycles. The topological polar surface area (TPSA) is 42.4 Å². The molecule has 0 N–H and O–H groups in total. The van der Waals surface area contributed by atoms with E-state index in [0.717, 1.165) is 72.4 Å². The van der Waals surface area contributed by atoms with Gasteiger partial charge in [0.2, 0.25) is 5.89 Å². The first-order chi connectivity index (χ1) is 30.2. The SMILES string of the molecule is c1ccc(-c2cccc(N(c3ccc(-c4cc5ccccc5c5ccccc45)cc3)c3ccc(-c4cc5oc6ccccc6c5c5oc(-c6ccccc6)nc45)cc3)c2)cc1. The Morgan fingerprint density at radius 3 is 1.67 bits per heavy atom. The fraction of sp³-hybridized carbons (Fsp3) is 0. The third kappa shape index (κ3) is 5.96. The number of hydrogen-bond donors (Lipinski definition) is 0. The normalized spacial score (nSPS) is 11.6. The van der Waals surface area contributed by atoms with Gasteiger partial charge < -0.3 is 13.7 Å². The summed E-state index contributed by atoms with van der Waals surface area (Å²) in [4.78, 5) is 7.47. The Morgan fingerprint density at radius 2 is 0.934 bits per heavy atom. The number of furan rings is 1. The highest BCUT2D eigenvalue weighted by Crippen LogP contribution is 2.44. The number of aromatic nitrogens is 1. The Kier molecular flexibility index (Phi) is 8.13. The first-order valence-corrected chi connectivity index (χ1v) is 20.6. The summed E-state index contributed by atoms with van der Waals surface area (Å²) in [5.74, 6) is 0.579. The lowest BCUT2D eigenvalue weighted by Crippen LogP contribution is -2.10. The average Bonchev–Trinajstić information content (AvgIpc) is 3.95. The fourth-order valence-electron chi connectivity index (χ4n) is 8.97. The molecule has 12 rings (SSSR count). The van der Waals surface area contributed by atoms with Gasteiger partial charge in [0.15, 0.2) is 5.58 Å². The molecule has 0 spiro atoms. The molecule has 12 aromatic rings. The molecule has 0 saturated heterocycles. The van der Waals surface area contributed by atoms with E-state index in [1.807, 2.05) is 48.5 Å². The molecule has 0 aliphatic rings. The fourth-order valence-corrected chi connectivity index (χ4v) is 8.97. The predicted octanol–water partition coefficient (Wildman–Crippen LogP) is 16.2. The zero-order chi connectivity index (χ0) is 40.3. The van der Waals surface area contributed by atoms with E-state index in [2.05, 4.69) is 175 Å². The van der Waals surface area contributed by atoms with Crippen LogP contribution in [-0.2, 0) is 0 Å². The van der Waals surface area contributed by atoms with Gasteiger partial charge in [-0.15, -0.1) is 0 Å². The Morgan fingerprint density at radius 1 is 0.344 bits per heavy atom. The predicted molar refractivity (Wildman–Crippen MR) is 253 cm³/mol. The Hall–Kier alpha value is -8.21. The molecule has 0 bridgehead atoms. The van der Waals surface area contributed by atoms with E-state index in [1.165, 1.54) is 38.2 Å².